The van der Waals surface area contributed by atoms with Crippen molar-refractivity contribution in [3.63, 3.8) is 0 Å². The molecule has 0 amide bonds. The molecule has 2 aliphatic rings. The van der Waals surface area contributed by atoms with Crippen molar-refractivity contribution in [3.8, 4) is 0 Å². The molecule has 2 unspecified atom stereocenters. The van der Waals surface area contributed by atoms with E-state index >= 15 is 8.78 Å². The maximum Gasteiger partial charge on any atom is 0.221 e. The summed E-state index contributed by atoms with van der Waals surface area (Å²) >= 11 is 0. The molecule has 1 saturated heterocycles. The normalized spacial score (nSPS) is 30.3. The Labute approximate surface area is 194 Å². The number of sulfonamides is 1. The smallest absolute Gasteiger partial charge is 0.221 e. The fraction of sp³-hybridized carbons (Fsp3) is 0.520. The first-order chi connectivity index (χ1) is 15.7. The molecule has 0 bridgehead atoms. The molecule has 180 valence electrons. The van der Waals surface area contributed by atoms with Gasteiger partial charge in [0.1, 0.15) is 16.9 Å². The molecule has 1 heterocycles. The van der Waals surface area contributed by atoms with Crippen molar-refractivity contribution in [1.82, 2.24) is 4.31 Å². The molecule has 0 radical (unpaired) electrons. The predicted molar refractivity (Wildman–Crippen MR) is 122 cm³/mol. The van der Waals surface area contributed by atoms with Gasteiger partial charge in [-0.1, -0.05) is 30.3 Å². The molecule has 2 N–H and O–H groups in total. The van der Waals surface area contributed by atoms with E-state index in [1.165, 1.54) is 4.31 Å². The number of nitrogens with zero attached hydrogens (tertiary/aromatic N) is 1. The third kappa shape index (κ3) is 4.58. The van der Waals surface area contributed by atoms with Gasteiger partial charge < -0.3 is 10.2 Å². The molecular weight excluding hydrogens is 448 g/mol. The van der Waals surface area contributed by atoms with Gasteiger partial charge in [-0.3, -0.25) is 0 Å². The SMILES string of the molecule is CC1CCC(c2ccccc2)S(=O)(=O)N1Cc1cc(F)c(C2(CO)CCC(O)CC2)cc1F. The number of benzene rings is 2. The Hall–Kier alpha value is -1.87. The summed E-state index contributed by atoms with van der Waals surface area (Å²) in [5, 5.41) is 19.1. The van der Waals surface area contributed by atoms with E-state index < -0.39 is 38.4 Å². The lowest BCUT2D eigenvalue weighted by Crippen LogP contribution is -2.45. The summed E-state index contributed by atoms with van der Waals surface area (Å²) in [6.45, 7) is 1.20. The van der Waals surface area contributed by atoms with E-state index in [1.54, 1.807) is 31.2 Å². The predicted octanol–water partition coefficient (Wildman–Crippen LogP) is 4.19. The molecule has 2 aromatic carbocycles. The van der Waals surface area contributed by atoms with Crippen LogP contribution < -0.4 is 0 Å². The van der Waals surface area contributed by atoms with E-state index in [0.717, 1.165) is 12.1 Å². The second-order valence-corrected chi connectivity index (χ2v) is 11.6. The van der Waals surface area contributed by atoms with Crippen LogP contribution in [0.2, 0.25) is 0 Å². The molecule has 33 heavy (non-hydrogen) atoms. The largest absolute Gasteiger partial charge is 0.395 e. The number of hydrogen-bond acceptors (Lipinski definition) is 4. The molecule has 4 rings (SSSR count). The van der Waals surface area contributed by atoms with Crippen LogP contribution in [-0.2, 0) is 22.0 Å². The molecule has 5 nitrogen and oxygen atoms in total. The quantitative estimate of drug-likeness (QED) is 0.674. The molecule has 8 heteroatoms. The monoisotopic (exact) mass is 479 g/mol. The fourth-order valence-corrected chi connectivity index (χ4v) is 7.49. The molecular formula is C25H31F2NO4S. The molecule has 2 fully saturated rings. The molecule has 1 saturated carbocycles. The van der Waals surface area contributed by atoms with E-state index in [9.17, 15) is 18.6 Å². The molecule has 0 spiro atoms. The lowest BCUT2D eigenvalue weighted by molar-refractivity contribution is 0.0656. The average Bonchev–Trinajstić information content (AvgIpc) is 2.80. The van der Waals surface area contributed by atoms with E-state index in [2.05, 4.69) is 0 Å². The van der Waals surface area contributed by atoms with Crippen LogP contribution in [0.3, 0.4) is 0 Å². The zero-order chi connectivity index (χ0) is 23.8. The van der Waals surface area contributed by atoms with Gasteiger partial charge in [0, 0.05) is 23.6 Å². The molecule has 2 atom stereocenters. The Morgan fingerprint density at radius 1 is 1.03 bits per heavy atom. The van der Waals surface area contributed by atoms with Gasteiger partial charge in [0.2, 0.25) is 10.0 Å². The first kappa shape index (κ1) is 24.3. The van der Waals surface area contributed by atoms with Crippen LogP contribution >= 0.6 is 0 Å². The van der Waals surface area contributed by atoms with Gasteiger partial charge >= 0.3 is 0 Å². The van der Waals surface area contributed by atoms with Crippen LogP contribution in [-0.4, -0.2) is 41.7 Å². The molecule has 0 aromatic heterocycles. The van der Waals surface area contributed by atoms with E-state index in [0.29, 0.717) is 44.1 Å². The van der Waals surface area contributed by atoms with E-state index in [4.69, 9.17) is 0 Å². The van der Waals surface area contributed by atoms with Gasteiger partial charge in [-0.25, -0.2) is 17.2 Å². The summed E-state index contributed by atoms with van der Waals surface area (Å²) in [5.41, 5.74) is -0.175. The average molecular weight is 480 g/mol. The summed E-state index contributed by atoms with van der Waals surface area (Å²) in [4.78, 5) is 0. The number of rotatable bonds is 5. The maximum absolute atomic E-state index is 15.2. The van der Waals surface area contributed by atoms with Crippen LogP contribution in [0.1, 0.15) is 67.4 Å². The minimum absolute atomic E-state index is 0.0238. The number of hydrogen-bond donors (Lipinski definition) is 2. The summed E-state index contributed by atoms with van der Waals surface area (Å²) in [6, 6.07) is 10.8. The van der Waals surface area contributed by atoms with Crippen molar-refractivity contribution >= 4 is 10.0 Å². The minimum atomic E-state index is -3.77. The number of aliphatic hydroxyl groups excluding tert-OH is 2. The fourth-order valence-electron chi connectivity index (χ4n) is 5.30. The van der Waals surface area contributed by atoms with Gasteiger partial charge in [0.15, 0.2) is 0 Å². The van der Waals surface area contributed by atoms with Gasteiger partial charge in [0.05, 0.1) is 12.7 Å². The van der Waals surface area contributed by atoms with Crippen molar-refractivity contribution < 1.29 is 27.4 Å². The summed E-state index contributed by atoms with van der Waals surface area (Å²) in [6.07, 6.45) is 2.14. The van der Waals surface area contributed by atoms with Crippen LogP contribution in [0.15, 0.2) is 42.5 Å². The van der Waals surface area contributed by atoms with E-state index in [-0.39, 0.29) is 30.3 Å². The third-order valence-electron chi connectivity index (χ3n) is 7.44. The summed E-state index contributed by atoms with van der Waals surface area (Å²) in [5.74, 6) is -1.34. The van der Waals surface area contributed by atoms with Crippen molar-refractivity contribution in [1.29, 1.82) is 0 Å². The topological polar surface area (TPSA) is 77.8 Å². The first-order valence-corrected chi connectivity index (χ1v) is 13.0. The van der Waals surface area contributed by atoms with Crippen molar-refractivity contribution in [2.45, 2.75) is 74.8 Å². The van der Waals surface area contributed by atoms with Crippen LogP contribution in [0, 0.1) is 11.6 Å². The van der Waals surface area contributed by atoms with Crippen molar-refractivity contribution in [2.24, 2.45) is 0 Å². The number of halogens is 2. The molecule has 2 aromatic rings. The van der Waals surface area contributed by atoms with Crippen molar-refractivity contribution in [3.05, 3.63) is 70.8 Å². The van der Waals surface area contributed by atoms with Gasteiger partial charge in [-0.2, -0.15) is 4.31 Å². The lowest BCUT2D eigenvalue weighted by atomic mass is 9.69. The highest BCUT2D eigenvalue weighted by Gasteiger charge is 2.42. The zero-order valence-corrected chi connectivity index (χ0v) is 19.6. The van der Waals surface area contributed by atoms with Crippen LogP contribution in [0.5, 0.6) is 0 Å². The van der Waals surface area contributed by atoms with Gasteiger partial charge in [0.25, 0.3) is 0 Å². The Morgan fingerprint density at radius 3 is 2.33 bits per heavy atom. The van der Waals surface area contributed by atoms with Crippen molar-refractivity contribution in [2.75, 3.05) is 6.61 Å². The summed E-state index contributed by atoms with van der Waals surface area (Å²) in [7, 11) is -3.77. The Kier molecular flexibility index (Phi) is 6.92. The van der Waals surface area contributed by atoms with Crippen LogP contribution in [0.25, 0.3) is 0 Å². The first-order valence-electron chi connectivity index (χ1n) is 11.5. The van der Waals surface area contributed by atoms with Gasteiger partial charge in [-0.15, -0.1) is 0 Å². The highest BCUT2D eigenvalue weighted by Crippen LogP contribution is 2.42. The standard InChI is InChI=1S/C25H31F2NO4S/c1-17-7-8-24(18-5-3-2-4-6-18)33(31,32)28(17)15-19-13-23(27)21(14-22(19)26)25(16-29)11-9-20(30)10-12-25/h2-6,13-14,17,20,24,29-30H,7-12,15-16H2,1H3. The Bertz CT molecular complexity index is 1090. The molecule has 1 aliphatic heterocycles. The highest BCUT2D eigenvalue weighted by atomic mass is 32.2. The summed E-state index contributed by atoms with van der Waals surface area (Å²) < 4.78 is 58.5. The molecule has 1 aliphatic carbocycles. The maximum atomic E-state index is 15.2. The van der Waals surface area contributed by atoms with Crippen LogP contribution in [0.4, 0.5) is 8.78 Å². The second-order valence-electron chi connectivity index (χ2n) is 9.51. The second kappa shape index (κ2) is 9.41. The minimum Gasteiger partial charge on any atom is -0.395 e. The lowest BCUT2D eigenvalue weighted by Gasteiger charge is -2.39. The third-order valence-corrected chi connectivity index (χ3v) is 9.81. The highest BCUT2D eigenvalue weighted by molar-refractivity contribution is 7.89. The zero-order valence-electron chi connectivity index (χ0n) is 18.8. The number of aliphatic hydroxyl groups is 2. The van der Waals surface area contributed by atoms with E-state index in [1.807, 2.05) is 6.07 Å². The Balaban J connectivity index is 1.64. The van der Waals surface area contributed by atoms with Gasteiger partial charge in [-0.05, 0) is 68.7 Å². The Morgan fingerprint density at radius 2 is 1.70 bits per heavy atom.